The molecule has 1 saturated heterocycles. The number of thiophene rings is 1. The number of rotatable bonds is 5. The molecule has 1 atom stereocenters. The van der Waals surface area contributed by atoms with Crippen LogP contribution in [0.2, 0.25) is 0 Å². The third kappa shape index (κ3) is 4.08. The smallest absolute Gasteiger partial charge is 0.301 e. The van der Waals surface area contributed by atoms with Crippen molar-refractivity contribution in [1.82, 2.24) is 4.98 Å². The summed E-state index contributed by atoms with van der Waals surface area (Å²) in [5.74, 6) is -3.33. The highest BCUT2D eigenvalue weighted by molar-refractivity contribution is 7.22. The molecule has 4 aromatic rings. The summed E-state index contributed by atoms with van der Waals surface area (Å²) in [5, 5.41) is 13.0. The fourth-order valence-electron chi connectivity index (χ4n) is 3.94. The number of halogens is 2. The number of fused-ring (bicyclic) bond motifs is 1. The van der Waals surface area contributed by atoms with Crippen LogP contribution in [-0.2, 0) is 9.59 Å². The Bertz CT molecular complexity index is 1490. The molecule has 1 amide bonds. The summed E-state index contributed by atoms with van der Waals surface area (Å²) >= 11 is 2.18. The molecule has 2 aromatic heterocycles. The molecule has 1 fully saturated rings. The number of amides is 1. The van der Waals surface area contributed by atoms with Gasteiger partial charge in [-0.25, -0.2) is 13.8 Å². The second-order valence-electron chi connectivity index (χ2n) is 8.11. The molecule has 10 heteroatoms. The average molecular weight is 513 g/mol. The van der Waals surface area contributed by atoms with Gasteiger partial charge < -0.3 is 9.84 Å². The molecule has 0 spiro atoms. The SMILES string of the molecule is CC(C)Oc1cccc(/C(O)=C2\C(=O)C(=O)N(c3nc4c(F)cc(F)cc4s3)C2c2cccs2)c1. The van der Waals surface area contributed by atoms with Crippen molar-refractivity contribution in [3.63, 3.8) is 0 Å². The number of Topliss-reactive ketones (excluding diaryl/α,β-unsaturated/α-hetero) is 1. The molecule has 1 aliphatic rings. The Balaban J connectivity index is 1.68. The molecule has 1 unspecified atom stereocenters. The van der Waals surface area contributed by atoms with Crippen molar-refractivity contribution in [3.05, 3.63) is 81.6 Å². The molecule has 1 aliphatic heterocycles. The van der Waals surface area contributed by atoms with E-state index in [-0.39, 0.29) is 32.8 Å². The van der Waals surface area contributed by atoms with Gasteiger partial charge >= 0.3 is 5.91 Å². The summed E-state index contributed by atoms with van der Waals surface area (Å²) in [6.45, 7) is 3.73. The molecule has 0 bridgehead atoms. The largest absolute Gasteiger partial charge is 0.507 e. The van der Waals surface area contributed by atoms with Gasteiger partial charge in [-0.2, -0.15) is 0 Å². The van der Waals surface area contributed by atoms with E-state index in [1.165, 1.54) is 11.3 Å². The number of ether oxygens (including phenoxy) is 1. The third-order valence-corrected chi connectivity index (χ3v) is 7.27. The van der Waals surface area contributed by atoms with Crippen LogP contribution in [0.4, 0.5) is 13.9 Å². The maximum atomic E-state index is 14.3. The lowest BCUT2D eigenvalue weighted by molar-refractivity contribution is -0.132. The van der Waals surface area contributed by atoms with Crippen LogP contribution in [0.1, 0.15) is 30.3 Å². The minimum absolute atomic E-state index is 0.0286. The van der Waals surface area contributed by atoms with Gasteiger partial charge in [0, 0.05) is 16.5 Å². The van der Waals surface area contributed by atoms with Crippen molar-refractivity contribution in [2.24, 2.45) is 0 Å². The van der Waals surface area contributed by atoms with E-state index < -0.39 is 29.4 Å². The van der Waals surface area contributed by atoms with Crippen LogP contribution < -0.4 is 9.64 Å². The van der Waals surface area contributed by atoms with Crippen molar-refractivity contribution >= 4 is 55.5 Å². The Morgan fingerprint density at radius 1 is 1.14 bits per heavy atom. The van der Waals surface area contributed by atoms with Crippen LogP contribution in [0.3, 0.4) is 0 Å². The molecule has 6 nitrogen and oxygen atoms in total. The number of carbonyl (C=O) groups excluding carboxylic acids is 2. The standard InChI is InChI=1S/C25H18F2N2O4S2/c1-12(2)33-15-6-3-5-13(9-15)22(30)19-21(17-7-4-8-34-17)29(24(32)23(19)31)25-28-20-16(27)10-14(26)11-18(20)35-25/h3-12,21,30H,1-2H3/b22-19+. The van der Waals surface area contributed by atoms with Crippen molar-refractivity contribution in [2.75, 3.05) is 4.90 Å². The van der Waals surface area contributed by atoms with Crippen LogP contribution in [0.25, 0.3) is 16.0 Å². The van der Waals surface area contributed by atoms with Crippen molar-refractivity contribution in [2.45, 2.75) is 26.0 Å². The first-order valence-electron chi connectivity index (χ1n) is 10.6. The van der Waals surface area contributed by atoms with Gasteiger partial charge in [0.2, 0.25) is 0 Å². The number of nitrogens with zero attached hydrogens (tertiary/aromatic N) is 2. The highest BCUT2D eigenvalue weighted by Crippen LogP contribution is 2.45. The average Bonchev–Trinajstić information content (AvgIpc) is 3.52. The number of anilines is 1. The van der Waals surface area contributed by atoms with Gasteiger partial charge in [-0.05, 0) is 43.5 Å². The van der Waals surface area contributed by atoms with Crippen LogP contribution in [0, 0.1) is 11.6 Å². The second-order valence-corrected chi connectivity index (χ2v) is 10.1. The van der Waals surface area contributed by atoms with E-state index in [2.05, 4.69) is 4.98 Å². The highest BCUT2D eigenvalue weighted by Gasteiger charge is 2.48. The lowest BCUT2D eigenvalue weighted by Gasteiger charge is -2.21. The number of aliphatic hydroxyl groups is 1. The van der Waals surface area contributed by atoms with E-state index in [0.717, 1.165) is 22.3 Å². The zero-order valence-corrected chi connectivity index (χ0v) is 20.1. The molecular weight excluding hydrogens is 494 g/mol. The summed E-state index contributed by atoms with van der Waals surface area (Å²) in [7, 11) is 0. The number of ketones is 1. The fraction of sp³-hybridized carbons (Fsp3) is 0.160. The molecule has 0 aliphatic carbocycles. The number of hydrogen-bond acceptors (Lipinski definition) is 7. The number of aromatic nitrogens is 1. The Labute approximate surface area is 206 Å². The van der Waals surface area contributed by atoms with E-state index in [0.29, 0.717) is 22.3 Å². The number of hydrogen-bond donors (Lipinski definition) is 1. The minimum atomic E-state index is -0.988. The molecule has 1 N–H and O–H groups in total. The van der Waals surface area contributed by atoms with Crippen molar-refractivity contribution in [3.8, 4) is 5.75 Å². The van der Waals surface area contributed by atoms with Gasteiger partial charge in [-0.15, -0.1) is 11.3 Å². The van der Waals surface area contributed by atoms with Crippen molar-refractivity contribution < 1.29 is 28.2 Å². The normalized spacial score (nSPS) is 17.6. The van der Waals surface area contributed by atoms with Gasteiger partial charge in [0.1, 0.15) is 28.9 Å². The molecule has 35 heavy (non-hydrogen) atoms. The van der Waals surface area contributed by atoms with E-state index in [1.807, 2.05) is 13.8 Å². The Morgan fingerprint density at radius 2 is 1.94 bits per heavy atom. The predicted molar refractivity (Wildman–Crippen MR) is 131 cm³/mol. The lowest BCUT2D eigenvalue weighted by atomic mass is 10.00. The third-order valence-electron chi connectivity index (χ3n) is 5.34. The van der Waals surface area contributed by atoms with E-state index in [9.17, 15) is 23.5 Å². The molecule has 0 saturated carbocycles. The summed E-state index contributed by atoms with van der Waals surface area (Å²) in [6, 6.07) is 10.9. The van der Waals surface area contributed by atoms with Crippen LogP contribution in [-0.4, -0.2) is 27.9 Å². The fourth-order valence-corrected chi connectivity index (χ4v) is 5.79. The molecule has 5 rings (SSSR count). The maximum absolute atomic E-state index is 14.3. The summed E-state index contributed by atoms with van der Waals surface area (Å²) < 4.78 is 34.0. The second kappa shape index (κ2) is 8.86. The number of benzene rings is 2. The van der Waals surface area contributed by atoms with E-state index in [4.69, 9.17) is 4.74 Å². The number of carbonyl (C=O) groups is 2. The predicted octanol–water partition coefficient (Wildman–Crippen LogP) is 6.05. The first kappa shape index (κ1) is 23.1. The van der Waals surface area contributed by atoms with Gasteiger partial charge in [0.25, 0.3) is 5.78 Å². The van der Waals surface area contributed by atoms with Crippen LogP contribution in [0.5, 0.6) is 5.75 Å². The Morgan fingerprint density at radius 3 is 2.66 bits per heavy atom. The highest BCUT2D eigenvalue weighted by atomic mass is 32.1. The van der Waals surface area contributed by atoms with Crippen molar-refractivity contribution in [1.29, 1.82) is 0 Å². The van der Waals surface area contributed by atoms with Gasteiger partial charge in [-0.1, -0.05) is 29.5 Å². The topological polar surface area (TPSA) is 79.7 Å². The van der Waals surface area contributed by atoms with Crippen LogP contribution in [0.15, 0.2) is 59.5 Å². The minimum Gasteiger partial charge on any atom is -0.507 e. The van der Waals surface area contributed by atoms with Gasteiger partial charge in [-0.3, -0.25) is 14.5 Å². The lowest BCUT2D eigenvalue weighted by Crippen LogP contribution is -2.28. The first-order valence-corrected chi connectivity index (χ1v) is 12.3. The Hall–Kier alpha value is -3.63. The molecule has 0 radical (unpaired) electrons. The van der Waals surface area contributed by atoms with E-state index >= 15 is 0 Å². The molecule has 3 heterocycles. The van der Waals surface area contributed by atoms with Gasteiger partial charge in [0.05, 0.1) is 16.4 Å². The monoisotopic (exact) mass is 512 g/mol. The Kier molecular flexibility index (Phi) is 5.86. The summed E-state index contributed by atoms with van der Waals surface area (Å²) in [5.41, 5.74) is 0.0851. The summed E-state index contributed by atoms with van der Waals surface area (Å²) in [6.07, 6.45) is -0.103. The maximum Gasteiger partial charge on any atom is 0.301 e. The van der Waals surface area contributed by atoms with Crippen LogP contribution >= 0.6 is 22.7 Å². The quantitative estimate of drug-likeness (QED) is 0.200. The summed E-state index contributed by atoms with van der Waals surface area (Å²) in [4.78, 5) is 32.4. The molecule has 178 valence electrons. The number of aliphatic hydroxyl groups excluding tert-OH is 1. The van der Waals surface area contributed by atoms with E-state index in [1.54, 1.807) is 41.8 Å². The molecule has 2 aromatic carbocycles. The van der Waals surface area contributed by atoms with Gasteiger partial charge in [0.15, 0.2) is 10.9 Å². The molecular formula is C25H18F2N2O4S2. The zero-order chi connectivity index (χ0) is 24.9. The number of thiazole rings is 1. The zero-order valence-electron chi connectivity index (χ0n) is 18.5. The first-order chi connectivity index (χ1) is 16.7.